The number of cyclic esters (lactones) is 1. The molecule has 2 aromatic rings. The average molecular weight is 394 g/mol. The summed E-state index contributed by atoms with van der Waals surface area (Å²) in [5.74, 6) is 0.775. The highest BCUT2D eigenvalue weighted by Gasteiger charge is 2.23. The minimum atomic E-state index is -0.367. The van der Waals surface area contributed by atoms with Gasteiger partial charge in [0.1, 0.15) is 6.61 Å². The van der Waals surface area contributed by atoms with Crippen LogP contribution in [-0.4, -0.2) is 31.8 Å². The number of amides is 3. The summed E-state index contributed by atoms with van der Waals surface area (Å²) in [6.45, 7) is 1.90. The quantitative estimate of drug-likeness (QED) is 0.651. The van der Waals surface area contributed by atoms with Gasteiger partial charge in [-0.1, -0.05) is 18.9 Å². The van der Waals surface area contributed by atoms with E-state index in [-0.39, 0.29) is 12.1 Å². The summed E-state index contributed by atoms with van der Waals surface area (Å²) in [5, 5.41) is 9.10. The molecule has 0 spiro atoms. The summed E-state index contributed by atoms with van der Waals surface area (Å²) >= 11 is 0. The number of hydrogen-bond acceptors (Lipinski definition) is 4. The first-order valence-corrected chi connectivity index (χ1v) is 10.1. The molecule has 1 heterocycles. The van der Waals surface area contributed by atoms with Crippen molar-refractivity contribution < 1.29 is 14.3 Å². The van der Waals surface area contributed by atoms with Crippen LogP contribution in [0.15, 0.2) is 48.5 Å². The zero-order valence-corrected chi connectivity index (χ0v) is 16.3. The van der Waals surface area contributed by atoms with Crippen LogP contribution in [0.3, 0.4) is 0 Å². The van der Waals surface area contributed by atoms with E-state index >= 15 is 0 Å². The minimum Gasteiger partial charge on any atom is -0.447 e. The van der Waals surface area contributed by atoms with Gasteiger partial charge in [0.2, 0.25) is 0 Å². The number of ether oxygens (including phenoxy) is 1. The van der Waals surface area contributed by atoms with Gasteiger partial charge in [-0.05, 0) is 61.2 Å². The van der Waals surface area contributed by atoms with Gasteiger partial charge >= 0.3 is 12.1 Å². The molecule has 2 aliphatic rings. The van der Waals surface area contributed by atoms with Crippen molar-refractivity contribution in [2.24, 2.45) is 5.92 Å². The van der Waals surface area contributed by atoms with Crippen LogP contribution in [0.4, 0.5) is 32.3 Å². The van der Waals surface area contributed by atoms with Crippen LogP contribution in [0.1, 0.15) is 25.7 Å². The summed E-state index contributed by atoms with van der Waals surface area (Å²) in [4.78, 5) is 25.6. The average Bonchev–Trinajstić information content (AvgIpc) is 3.39. The summed E-state index contributed by atoms with van der Waals surface area (Å²) in [6.07, 6.45) is 4.94. The Hall–Kier alpha value is -3.22. The molecule has 2 fully saturated rings. The van der Waals surface area contributed by atoms with Crippen molar-refractivity contribution in [3.05, 3.63) is 48.5 Å². The fourth-order valence-corrected chi connectivity index (χ4v) is 3.82. The van der Waals surface area contributed by atoms with Gasteiger partial charge < -0.3 is 20.7 Å². The van der Waals surface area contributed by atoms with Gasteiger partial charge in [0.15, 0.2) is 0 Å². The van der Waals surface area contributed by atoms with Crippen molar-refractivity contribution in [2.45, 2.75) is 25.7 Å². The first-order valence-electron chi connectivity index (χ1n) is 10.1. The van der Waals surface area contributed by atoms with E-state index in [9.17, 15) is 9.59 Å². The predicted octanol–water partition coefficient (Wildman–Crippen LogP) is 4.89. The number of anilines is 4. The summed E-state index contributed by atoms with van der Waals surface area (Å²) < 4.78 is 4.96. The Bertz CT molecular complexity index is 863. The molecule has 0 aromatic heterocycles. The molecule has 1 saturated carbocycles. The lowest BCUT2D eigenvalue weighted by molar-refractivity contribution is 0.181. The van der Waals surface area contributed by atoms with Crippen molar-refractivity contribution in [3.63, 3.8) is 0 Å². The Morgan fingerprint density at radius 2 is 1.72 bits per heavy atom. The predicted molar refractivity (Wildman–Crippen MR) is 115 cm³/mol. The maximum Gasteiger partial charge on any atom is 0.414 e. The Labute approximate surface area is 170 Å². The molecule has 7 nitrogen and oxygen atoms in total. The Kier molecular flexibility index (Phi) is 5.84. The number of hydrogen-bond donors (Lipinski definition) is 3. The lowest BCUT2D eigenvalue weighted by Crippen LogP contribution is -2.24. The van der Waals surface area contributed by atoms with Gasteiger partial charge in [-0.15, -0.1) is 0 Å². The normalized spacial score (nSPS) is 16.6. The third-order valence-corrected chi connectivity index (χ3v) is 5.39. The summed E-state index contributed by atoms with van der Waals surface area (Å²) in [6, 6.07) is 14.5. The van der Waals surface area contributed by atoms with Crippen molar-refractivity contribution in [1.82, 2.24) is 0 Å². The third kappa shape index (κ3) is 4.99. The van der Waals surface area contributed by atoms with Crippen LogP contribution in [-0.2, 0) is 4.74 Å². The summed E-state index contributed by atoms with van der Waals surface area (Å²) in [7, 11) is 0. The van der Waals surface area contributed by atoms with Crippen LogP contribution >= 0.6 is 0 Å². The first kappa shape index (κ1) is 19.1. The van der Waals surface area contributed by atoms with Gasteiger partial charge in [-0.25, -0.2) is 9.59 Å². The Morgan fingerprint density at radius 1 is 1.00 bits per heavy atom. The standard InChI is InChI=1S/C22H26N4O3/c27-21(25-19-6-3-7-20(14-19)26-12-13-29-22(26)28)24-18-10-8-17(9-11-18)23-15-16-4-1-2-5-16/h3,6-11,14,16,23H,1-2,4-5,12-13,15H2,(H2,24,25,27). The second kappa shape index (κ2) is 8.86. The highest BCUT2D eigenvalue weighted by atomic mass is 16.6. The van der Waals surface area contributed by atoms with E-state index in [1.54, 1.807) is 23.1 Å². The minimum absolute atomic E-state index is 0.335. The molecule has 0 atom stereocenters. The molecule has 0 unspecified atom stereocenters. The lowest BCUT2D eigenvalue weighted by Gasteiger charge is -2.15. The fourth-order valence-electron chi connectivity index (χ4n) is 3.82. The smallest absolute Gasteiger partial charge is 0.414 e. The van der Waals surface area contributed by atoms with E-state index in [0.717, 1.165) is 18.2 Å². The SMILES string of the molecule is O=C(Nc1ccc(NCC2CCCC2)cc1)Nc1cccc(N2CCOC2=O)c1. The fraction of sp³-hybridized carbons (Fsp3) is 0.364. The van der Waals surface area contributed by atoms with Gasteiger partial charge in [-0.2, -0.15) is 0 Å². The highest BCUT2D eigenvalue weighted by molar-refractivity contribution is 6.00. The van der Waals surface area contributed by atoms with Gasteiger partial charge in [0.25, 0.3) is 0 Å². The Balaban J connectivity index is 1.29. The van der Waals surface area contributed by atoms with Crippen molar-refractivity contribution in [2.75, 3.05) is 40.5 Å². The van der Waals surface area contributed by atoms with E-state index in [4.69, 9.17) is 4.74 Å². The van der Waals surface area contributed by atoms with Crippen LogP contribution < -0.4 is 20.9 Å². The molecule has 1 saturated heterocycles. The molecule has 29 heavy (non-hydrogen) atoms. The van der Waals surface area contributed by atoms with Crippen molar-refractivity contribution >= 4 is 34.9 Å². The molecular formula is C22H26N4O3. The molecule has 4 rings (SSSR count). The molecule has 0 radical (unpaired) electrons. The van der Waals surface area contributed by atoms with Crippen LogP contribution in [0, 0.1) is 5.92 Å². The molecule has 0 bridgehead atoms. The zero-order valence-electron chi connectivity index (χ0n) is 16.3. The zero-order chi connectivity index (χ0) is 20.1. The highest BCUT2D eigenvalue weighted by Crippen LogP contribution is 2.25. The number of nitrogens with zero attached hydrogens (tertiary/aromatic N) is 1. The molecule has 1 aliphatic heterocycles. The molecule has 1 aliphatic carbocycles. The second-order valence-electron chi connectivity index (χ2n) is 7.50. The molecule has 3 amide bonds. The number of carbonyl (C=O) groups is 2. The second-order valence-corrected chi connectivity index (χ2v) is 7.50. The number of urea groups is 1. The molecular weight excluding hydrogens is 368 g/mol. The van der Waals surface area contributed by atoms with Gasteiger partial charge in [-0.3, -0.25) is 4.90 Å². The van der Waals surface area contributed by atoms with E-state index in [1.165, 1.54) is 25.7 Å². The van der Waals surface area contributed by atoms with E-state index in [2.05, 4.69) is 16.0 Å². The molecule has 2 aromatic carbocycles. The number of nitrogens with one attached hydrogen (secondary N) is 3. The van der Waals surface area contributed by atoms with Gasteiger partial charge in [0.05, 0.1) is 6.54 Å². The van der Waals surface area contributed by atoms with E-state index in [0.29, 0.717) is 30.2 Å². The van der Waals surface area contributed by atoms with E-state index < -0.39 is 0 Å². The third-order valence-electron chi connectivity index (χ3n) is 5.39. The molecule has 152 valence electrons. The summed E-state index contributed by atoms with van der Waals surface area (Å²) in [5.41, 5.74) is 3.08. The lowest BCUT2D eigenvalue weighted by atomic mass is 10.1. The van der Waals surface area contributed by atoms with Crippen LogP contribution in [0.2, 0.25) is 0 Å². The topological polar surface area (TPSA) is 82.7 Å². The monoisotopic (exact) mass is 394 g/mol. The van der Waals surface area contributed by atoms with Crippen LogP contribution in [0.25, 0.3) is 0 Å². The van der Waals surface area contributed by atoms with Crippen molar-refractivity contribution in [1.29, 1.82) is 0 Å². The van der Waals surface area contributed by atoms with Crippen molar-refractivity contribution in [3.8, 4) is 0 Å². The molecule has 3 N–H and O–H groups in total. The number of rotatable bonds is 6. The maximum absolute atomic E-state index is 12.3. The number of carbonyl (C=O) groups excluding carboxylic acids is 2. The first-order chi connectivity index (χ1) is 14.2. The van der Waals surface area contributed by atoms with Gasteiger partial charge in [0, 0.05) is 29.3 Å². The molecule has 7 heteroatoms. The largest absolute Gasteiger partial charge is 0.447 e. The van der Waals surface area contributed by atoms with Crippen LogP contribution in [0.5, 0.6) is 0 Å². The Morgan fingerprint density at radius 3 is 2.45 bits per heavy atom. The number of benzene rings is 2. The van der Waals surface area contributed by atoms with E-state index in [1.807, 2.05) is 30.3 Å². The maximum atomic E-state index is 12.3.